The molecule has 5 heterocycles. The molecule has 11 rings (SSSR count). The number of hydrogen-bond donors (Lipinski definition) is 0. The zero-order valence-electron chi connectivity index (χ0n) is 29.9. The van der Waals surface area contributed by atoms with E-state index in [-0.39, 0.29) is 0 Å². The first kappa shape index (κ1) is 32.1. The van der Waals surface area contributed by atoms with Gasteiger partial charge in [-0.1, -0.05) is 109 Å². The van der Waals surface area contributed by atoms with E-state index in [9.17, 15) is 0 Å². The van der Waals surface area contributed by atoms with Crippen molar-refractivity contribution in [2.45, 2.75) is 0 Å². The predicted octanol–water partition coefficient (Wildman–Crippen LogP) is 12.5. The van der Waals surface area contributed by atoms with Crippen LogP contribution in [0.1, 0.15) is 0 Å². The Morgan fingerprint density at radius 1 is 0.411 bits per heavy atom. The maximum atomic E-state index is 5.25. The van der Waals surface area contributed by atoms with Crippen LogP contribution in [0.5, 0.6) is 0 Å². The molecule has 0 atom stereocenters. The topological polar surface area (TPSA) is 69.4 Å². The highest BCUT2D eigenvalue weighted by atomic mass is 32.1. The number of hydrogen-bond acceptors (Lipinski definition) is 6. The normalized spacial score (nSPS) is 11.6. The van der Waals surface area contributed by atoms with Crippen LogP contribution < -0.4 is 0 Å². The third kappa shape index (κ3) is 5.44. The standard InChI is InChI=1S/C49H30N6S/c1-2-13-31(14-3-1)47-52-48(33-16-12-15-32(27-33)41-20-10-11-25-50-41)54-49(53-47)35-28-34(37-24-26-51-45-40-19-6-9-23-44(40)56-46(37)45)29-36(30-35)55-42-21-7-4-17-38(42)39-18-5-8-22-43(39)55/h1-30H. The molecule has 6 nitrogen and oxygen atoms in total. The molecule has 0 aliphatic carbocycles. The van der Waals surface area contributed by atoms with E-state index < -0.39 is 0 Å². The highest BCUT2D eigenvalue weighted by Crippen LogP contribution is 2.41. The van der Waals surface area contributed by atoms with Crippen molar-refractivity contribution in [3.05, 3.63) is 182 Å². The molecule has 0 amide bonds. The Kier molecular flexibility index (Phi) is 7.57. The summed E-state index contributed by atoms with van der Waals surface area (Å²) in [4.78, 5) is 25.0. The number of para-hydroxylation sites is 2. The molecular formula is C49H30N6S. The van der Waals surface area contributed by atoms with E-state index in [0.29, 0.717) is 17.5 Å². The van der Waals surface area contributed by atoms with Crippen LogP contribution in [0, 0.1) is 0 Å². The quantitative estimate of drug-likeness (QED) is 0.170. The van der Waals surface area contributed by atoms with Crippen molar-refractivity contribution in [1.82, 2.24) is 29.5 Å². The number of rotatable bonds is 6. The average Bonchev–Trinajstić information content (AvgIpc) is 3.83. The number of benzene rings is 6. The Balaban J connectivity index is 1.19. The summed E-state index contributed by atoms with van der Waals surface area (Å²) in [6.45, 7) is 0. The number of aromatic nitrogens is 6. The minimum absolute atomic E-state index is 0.586. The van der Waals surface area contributed by atoms with Gasteiger partial charge in [0.05, 0.1) is 26.9 Å². The van der Waals surface area contributed by atoms with E-state index in [1.54, 1.807) is 11.3 Å². The maximum Gasteiger partial charge on any atom is 0.164 e. The minimum atomic E-state index is 0.586. The van der Waals surface area contributed by atoms with Gasteiger partial charge in [0, 0.05) is 66.8 Å². The zero-order chi connectivity index (χ0) is 37.0. The average molecular weight is 735 g/mol. The van der Waals surface area contributed by atoms with Gasteiger partial charge in [-0.2, -0.15) is 0 Å². The fourth-order valence-electron chi connectivity index (χ4n) is 7.76. The van der Waals surface area contributed by atoms with Gasteiger partial charge in [-0.05, 0) is 66.2 Å². The van der Waals surface area contributed by atoms with Crippen LogP contribution in [-0.2, 0) is 0 Å². The van der Waals surface area contributed by atoms with Gasteiger partial charge in [0.2, 0.25) is 0 Å². The molecule has 0 unspecified atom stereocenters. The number of pyridine rings is 2. The van der Waals surface area contributed by atoms with E-state index in [1.807, 2.05) is 67.0 Å². The molecule has 0 saturated carbocycles. The second-order valence-corrected chi connectivity index (χ2v) is 14.8. The van der Waals surface area contributed by atoms with Crippen LogP contribution in [-0.4, -0.2) is 29.5 Å². The lowest BCUT2D eigenvalue weighted by molar-refractivity contribution is 1.07. The van der Waals surface area contributed by atoms with Crippen molar-refractivity contribution in [2.75, 3.05) is 0 Å². The van der Waals surface area contributed by atoms with Gasteiger partial charge in [-0.15, -0.1) is 11.3 Å². The number of nitrogens with zero attached hydrogens (tertiary/aromatic N) is 6. The summed E-state index contributed by atoms with van der Waals surface area (Å²) in [5.41, 5.74) is 11.0. The maximum absolute atomic E-state index is 5.25. The van der Waals surface area contributed by atoms with Crippen molar-refractivity contribution in [3.63, 3.8) is 0 Å². The Hall–Kier alpha value is -7.35. The Labute approximate surface area is 326 Å². The summed E-state index contributed by atoms with van der Waals surface area (Å²) in [7, 11) is 0. The third-order valence-corrected chi connectivity index (χ3v) is 11.5. The minimum Gasteiger partial charge on any atom is -0.309 e. The summed E-state index contributed by atoms with van der Waals surface area (Å²) in [6.07, 6.45) is 3.74. The predicted molar refractivity (Wildman–Crippen MR) is 230 cm³/mol. The number of thiophene rings is 1. The van der Waals surface area contributed by atoms with Crippen LogP contribution in [0.2, 0.25) is 0 Å². The van der Waals surface area contributed by atoms with Crippen LogP contribution in [0.15, 0.2) is 182 Å². The Bertz CT molecular complexity index is 3210. The summed E-state index contributed by atoms with van der Waals surface area (Å²) < 4.78 is 4.72. The lowest BCUT2D eigenvalue weighted by Crippen LogP contribution is -2.02. The Morgan fingerprint density at radius 3 is 1.79 bits per heavy atom. The molecule has 0 radical (unpaired) electrons. The molecule has 0 aliphatic heterocycles. The molecule has 56 heavy (non-hydrogen) atoms. The molecule has 6 aromatic carbocycles. The summed E-state index contributed by atoms with van der Waals surface area (Å²) in [6, 6.07) is 58.9. The molecule has 7 heteroatoms. The molecule has 0 fully saturated rings. The van der Waals surface area contributed by atoms with Crippen LogP contribution in [0.25, 0.3) is 104 Å². The fourth-order valence-corrected chi connectivity index (χ4v) is 8.96. The summed E-state index contributed by atoms with van der Waals surface area (Å²) >= 11 is 1.78. The van der Waals surface area contributed by atoms with Crippen LogP contribution >= 0.6 is 11.3 Å². The first-order valence-corrected chi connectivity index (χ1v) is 19.3. The third-order valence-electron chi connectivity index (χ3n) is 10.3. The van der Waals surface area contributed by atoms with Gasteiger partial charge in [0.15, 0.2) is 17.5 Å². The number of fused-ring (bicyclic) bond motifs is 6. The van der Waals surface area contributed by atoms with Crippen LogP contribution in [0.3, 0.4) is 0 Å². The molecule has 11 aromatic rings. The largest absolute Gasteiger partial charge is 0.309 e. The molecule has 0 bridgehead atoms. The summed E-state index contributed by atoms with van der Waals surface area (Å²) in [5, 5.41) is 3.57. The summed E-state index contributed by atoms with van der Waals surface area (Å²) in [5.74, 6) is 1.78. The molecular weight excluding hydrogens is 705 g/mol. The first-order chi connectivity index (χ1) is 27.7. The van der Waals surface area contributed by atoms with Crippen molar-refractivity contribution in [2.24, 2.45) is 0 Å². The molecule has 262 valence electrons. The van der Waals surface area contributed by atoms with Gasteiger partial charge in [-0.25, -0.2) is 15.0 Å². The Morgan fingerprint density at radius 2 is 1.02 bits per heavy atom. The van der Waals surface area contributed by atoms with Gasteiger partial charge >= 0.3 is 0 Å². The fraction of sp³-hybridized carbons (Fsp3) is 0. The first-order valence-electron chi connectivity index (χ1n) is 18.5. The highest BCUT2D eigenvalue weighted by molar-refractivity contribution is 7.26. The van der Waals surface area contributed by atoms with E-state index >= 15 is 0 Å². The van der Waals surface area contributed by atoms with Crippen molar-refractivity contribution >= 4 is 53.4 Å². The molecule has 0 spiro atoms. The molecule has 0 aliphatic rings. The molecule has 0 saturated heterocycles. The van der Waals surface area contributed by atoms with Crippen molar-refractivity contribution in [1.29, 1.82) is 0 Å². The lowest BCUT2D eigenvalue weighted by atomic mass is 10.0. The lowest BCUT2D eigenvalue weighted by Gasteiger charge is -2.15. The zero-order valence-corrected chi connectivity index (χ0v) is 30.7. The monoisotopic (exact) mass is 734 g/mol. The molecule has 0 N–H and O–H groups in total. The SMILES string of the molecule is c1ccc(-c2nc(-c3cccc(-c4ccccn4)c3)nc(-c3cc(-c4ccnc5c4sc4ccccc45)cc(-n4c5ccccc5c5ccccc54)c3)n2)cc1. The highest BCUT2D eigenvalue weighted by Gasteiger charge is 2.19. The van der Waals surface area contributed by atoms with E-state index in [1.165, 1.54) is 15.5 Å². The van der Waals surface area contributed by atoms with Gasteiger partial charge < -0.3 is 4.57 Å². The van der Waals surface area contributed by atoms with Gasteiger partial charge in [-0.3, -0.25) is 9.97 Å². The smallest absolute Gasteiger partial charge is 0.164 e. The van der Waals surface area contributed by atoms with Gasteiger partial charge in [0.25, 0.3) is 0 Å². The van der Waals surface area contributed by atoms with E-state index in [0.717, 1.165) is 71.4 Å². The van der Waals surface area contributed by atoms with E-state index in [2.05, 4.69) is 125 Å². The van der Waals surface area contributed by atoms with Gasteiger partial charge in [0.1, 0.15) is 0 Å². The second-order valence-electron chi connectivity index (χ2n) is 13.7. The van der Waals surface area contributed by atoms with Crippen molar-refractivity contribution < 1.29 is 0 Å². The van der Waals surface area contributed by atoms with E-state index in [4.69, 9.17) is 19.9 Å². The van der Waals surface area contributed by atoms with Crippen molar-refractivity contribution in [3.8, 4) is 62.2 Å². The molecule has 5 aromatic heterocycles. The van der Waals surface area contributed by atoms with Crippen LogP contribution in [0.4, 0.5) is 0 Å². The second kappa shape index (κ2) is 13.2.